The Hall–Kier alpha value is -0.920. The van der Waals surface area contributed by atoms with Crippen molar-refractivity contribution in [2.24, 2.45) is 11.7 Å². The molecule has 0 bridgehead atoms. The highest BCUT2D eigenvalue weighted by Crippen LogP contribution is 2.27. The van der Waals surface area contributed by atoms with Gasteiger partial charge >= 0.3 is 0 Å². The molecule has 0 amide bonds. The lowest BCUT2D eigenvalue weighted by atomic mass is 10.0. The van der Waals surface area contributed by atoms with Crippen LogP contribution in [0.5, 0.6) is 0 Å². The lowest BCUT2D eigenvalue weighted by molar-refractivity contribution is 0.207. The highest BCUT2D eigenvalue weighted by molar-refractivity contribution is 7.89. The second-order valence-electron chi connectivity index (χ2n) is 4.19. The van der Waals surface area contributed by atoms with Crippen LogP contribution < -0.4 is 5.73 Å². The van der Waals surface area contributed by atoms with Gasteiger partial charge in [0.2, 0.25) is 10.0 Å². The number of hydrogen-bond acceptors (Lipinski definition) is 4. The molecule has 3 N–H and O–H groups in total. The molecule has 0 spiro atoms. The van der Waals surface area contributed by atoms with E-state index in [2.05, 4.69) is 10.2 Å². The fourth-order valence-corrected chi connectivity index (χ4v) is 3.84. The molecule has 0 aromatic carbocycles. The van der Waals surface area contributed by atoms with Gasteiger partial charge in [0, 0.05) is 13.1 Å². The van der Waals surface area contributed by atoms with Crippen LogP contribution in [-0.4, -0.2) is 42.6 Å². The second-order valence-corrected chi connectivity index (χ2v) is 6.06. The molecule has 1 aromatic rings. The molecule has 16 heavy (non-hydrogen) atoms. The molecule has 90 valence electrons. The van der Waals surface area contributed by atoms with Crippen LogP contribution in [0.3, 0.4) is 0 Å². The van der Waals surface area contributed by atoms with Crippen LogP contribution in [0.4, 0.5) is 0 Å². The Balaban J connectivity index is 2.28. The maximum absolute atomic E-state index is 12.2. The summed E-state index contributed by atoms with van der Waals surface area (Å²) in [6.45, 7) is 4.98. The number of nitrogens with two attached hydrogens (primary N) is 1. The van der Waals surface area contributed by atoms with E-state index in [1.807, 2.05) is 0 Å². The average molecular weight is 244 g/mol. The standard InChI is InChI=1S/C9H16N4O2S/c1-6-9(7(2)12-11-6)16(14,15)13-4-8(3-10)5-13/h8H,3-5,10H2,1-2H3,(H,11,12). The molecular formula is C9H16N4O2S. The maximum Gasteiger partial charge on any atom is 0.246 e. The molecule has 0 atom stereocenters. The summed E-state index contributed by atoms with van der Waals surface area (Å²) in [7, 11) is -3.38. The van der Waals surface area contributed by atoms with Crippen molar-refractivity contribution in [2.75, 3.05) is 19.6 Å². The molecule has 2 heterocycles. The summed E-state index contributed by atoms with van der Waals surface area (Å²) < 4.78 is 25.9. The van der Waals surface area contributed by atoms with E-state index in [4.69, 9.17) is 5.73 Å². The average Bonchev–Trinajstić information content (AvgIpc) is 2.44. The van der Waals surface area contributed by atoms with Crippen molar-refractivity contribution in [1.82, 2.24) is 14.5 Å². The van der Waals surface area contributed by atoms with Gasteiger partial charge in [-0.1, -0.05) is 0 Å². The topological polar surface area (TPSA) is 92.1 Å². The van der Waals surface area contributed by atoms with Crippen molar-refractivity contribution in [3.05, 3.63) is 11.4 Å². The minimum Gasteiger partial charge on any atom is -0.330 e. The fourth-order valence-electron chi connectivity index (χ4n) is 1.92. The molecule has 1 aliphatic heterocycles. The van der Waals surface area contributed by atoms with E-state index in [0.29, 0.717) is 41.8 Å². The lowest BCUT2D eigenvalue weighted by Crippen LogP contribution is -2.52. The van der Waals surface area contributed by atoms with Crippen LogP contribution in [0.25, 0.3) is 0 Å². The van der Waals surface area contributed by atoms with E-state index < -0.39 is 10.0 Å². The monoisotopic (exact) mass is 244 g/mol. The molecule has 1 aromatic heterocycles. The molecule has 1 aliphatic rings. The van der Waals surface area contributed by atoms with Crippen LogP contribution in [0, 0.1) is 19.8 Å². The number of rotatable bonds is 3. The van der Waals surface area contributed by atoms with Crippen LogP contribution >= 0.6 is 0 Å². The molecule has 0 aliphatic carbocycles. The van der Waals surface area contributed by atoms with E-state index in [-0.39, 0.29) is 0 Å². The number of nitrogens with zero attached hydrogens (tertiary/aromatic N) is 2. The summed E-state index contributed by atoms with van der Waals surface area (Å²) in [5.41, 5.74) is 6.59. The van der Waals surface area contributed by atoms with Gasteiger partial charge in [0.25, 0.3) is 0 Å². The Morgan fingerprint density at radius 2 is 2.12 bits per heavy atom. The summed E-state index contributed by atoms with van der Waals surface area (Å²) in [5, 5.41) is 6.60. The molecule has 0 radical (unpaired) electrons. The van der Waals surface area contributed by atoms with Gasteiger partial charge in [-0.15, -0.1) is 0 Å². The van der Waals surface area contributed by atoms with Gasteiger partial charge < -0.3 is 5.73 Å². The number of hydrogen-bond donors (Lipinski definition) is 2. The molecule has 0 saturated carbocycles. The Morgan fingerprint density at radius 3 is 2.56 bits per heavy atom. The summed E-state index contributed by atoms with van der Waals surface area (Å²) >= 11 is 0. The third-order valence-electron chi connectivity index (χ3n) is 2.92. The summed E-state index contributed by atoms with van der Waals surface area (Å²) in [6.07, 6.45) is 0. The Morgan fingerprint density at radius 1 is 1.50 bits per heavy atom. The van der Waals surface area contributed by atoms with Crippen molar-refractivity contribution in [3.8, 4) is 0 Å². The summed E-state index contributed by atoms with van der Waals surface area (Å²) in [5.74, 6) is 0.294. The number of aryl methyl sites for hydroxylation is 2. The van der Waals surface area contributed by atoms with E-state index in [0.717, 1.165) is 0 Å². The number of H-pyrrole nitrogens is 1. The zero-order valence-corrected chi connectivity index (χ0v) is 10.2. The van der Waals surface area contributed by atoms with Gasteiger partial charge in [-0.3, -0.25) is 5.10 Å². The van der Waals surface area contributed by atoms with Crippen molar-refractivity contribution in [3.63, 3.8) is 0 Å². The minimum absolute atomic E-state index is 0.294. The van der Waals surface area contributed by atoms with Gasteiger partial charge in [-0.2, -0.15) is 9.40 Å². The smallest absolute Gasteiger partial charge is 0.246 e. The van der Waals surface area contributed by atoms with Crippen molar-refractivity contribution >= 4 is 10.0 Å². The van der Waals surface area contributed by atoms with Crippen LogP contribution in [0.2, 0.25) is 0 Å². The first kappa shape index (κ1) is 11.6. The third-order valence-corrected chi connectivity index (χ3v) is 5.01. The largest absolute Gasteiger partial charge is 0.330 e. The molecular weight excluding hydrogens is 228 g/mol. The van der Waals surface area contributed by atoms with Crippen molar-refractivity contribution < 1.29 is 8.42 Å². The van der Waals surface area contributed by atoms with Crippen LogP contribution in [0.15, 0.2) is 4.90 Å². The molecule has 1 fully saturated rings. The normalized spacial score (nSPS) is 18.7. The first-order valence-electron chi connectivity index (χ1n) is 5.18. The van der Waals surface area contributed by atoms with Crippen LogP contribution in [-0.2, 0) is 10.0 Å². The molecule has 1 saturated heterocycles. The molecule has 6 nitrogen and oxygen atoms in total. The van der Waals surface area contributed by atoms with Crippen LogP contribution in [0.1, 0.15) is 11.4 Å². The third kappa shape index (κ3) is 1.64. The summed E-state index contributed by atoms with van der Waals surface area (Å²) in [4.78, 5) is 0.308. The highest BCUT2D eigenvalue weighted by atomic mass is 32.2. The lowest BCUT2D eigenvalue weighted by Gasteiger charge is -2.37. The second kappa shape index (κ2) is 3.83. The number of aromatic amines is 1. The maximum atomic E-state index is 12.2. The molecule has 7 heteroatoms. The predicted molar refractivity (Wildman–Crippen MR) is 59.4 cm³/mol. The zero-order chi connectivity index (χ0) is 11.9. The van der Waals surface area contributed by atoms with Gasteiger partial charge in [0.05, 0.1) is 11.4 Å². The molecule has 0 unspecified atom stereocenters. The van der Waals surface area contributed by atoms with E-state index in [9.17, 15) is 8.42 Å². The number of nitrogens with one attached hydrogen (secondary N) is 1. The Kier molecular flexibility index (Phi) is 2.77. The van der Waals surface area contributed by atoms with Gasteiger partial charge in [-0.25, -0.2) is 8.42 Å². The number of aromatic nitrogens is 2. The Labute approximate surface area is 94.9 Å². The summed E-state index contributed by atoms with van der Waals surface area (Å²) in [6, 6.07) is 0. The van der Waals surface area contributed by atoms with Gasteiger partial charge in [0.1, 0.15) is 4.90 Å². The zero-order valence-electron chi connectivity index (χ0n) is 9.40. The first-order chi connectivity index (χ1) is 7.46. The fraction of sp³-hybridized carbons (Fsp3) is 0.667. The SMILES string of the molecule is Cc1n[nH]c(C)c1S(=O)(=O)N1CC(CN)C1. The molecule has 2 rings (SSSR count). The Bertz CT molecular complexity index is 468. The van der Waals surface area contributed by atoms with Crippen molar-refractivity contribution in [2.45, 2.75) is 18.7 Å². The number of sulfonamides is 1. The van der Waals surface area contributed by atoms with Gasteiger partial charge in [0.15, 0.2) is 0 Å². The van der Waals surface area contributed by atoms with E-state index >= 15 is 0 Å². The highest BCUT2D eigenvalue weighted by Gasteiger charge is 2.38. The van der Waals surface area contributed by atoms with E-state index in [1.54, 1.807) is 13.8 Å². The quantitative estimate of drug-likeness (QED) is 0.757. The first-order valence-corrected chi connectivity index (χ1v) is 6.62. The van der Waals surface area contributed by atoms with Crippen molar-refractivity contribution in [1.29, 1.82) is 0 Å². The minimum atomic E-state index is -3.38. The van der Waals surface area contributed by atoms with E-state index in [1.165, 1.54) is 4.31 Å². The predicted octanol–water partition coefficient (Wildman–Crippen LogP) is -0.394. The van der Waals surface area contributed by atoms with Gasteiger partial charge in [-0.05, 0) is 26.3 Å².